The number of hydrogen-bond acceptors (Lipinski definition) is 5. The molecule has 200 valence electrons. The summed E-state index contributed by atoms with van der Waals surface area (Å²) in [5.74, 6) is 0.483. The Bertz CT molecular complexity index is 1160. The van der Waals surface area contributed by atoms with Crippen LogP contribution in [0.4, 0.5) is 13.2 Å². The number of nitrogens with zero attached hydrogens (tertiary/aromatic N) is 3. The third-order valence-corrected chi connectivity index (χ3v) is 9.12. The lowest BCUT2D eigenvalue weighted by Gasteiger charge is -2.32. The molecular weight excluding hydrogens is 501 g/mol. The van der Waals surface area contributed by atoms with Gasteiger partial charge in [-0.3, -0.25) is 14.5 Å². The zero-order valence-electron chi connectivity index (χ0n) is 21.1. The molecule has 0 saturated heterocycles. The highest BCUT2D eigenvalue weighted by molar-refractivity contribution is 7.11. The molecule has 1 aromatic heterocycles. The molecule has 10 heteroatoms. The molecule has 37 heavy (non-hydrogen) atoms. The van der Waals surface area contributed by atoms with Crippen LogP contribution in [0.3, 0.4) is 0 Å². The van der Waals surface area contributed by atoms with Crippen LogP contribution in [0.2, 0.25) is 0 Å². The van der Waals surface area contributed by atoms with Gasteiger partial charge >= 0.3 is 6.18 Å². The van der Waals surface area contributed by atoms with E-state index >= 15 is 0 Å². The second kappa shape index (κ2) is 10.7. The van der Waals surface area contributed by atoms with Crippen molar-refractivity contribution in [2.45, 2.75) is 76.7 Å². The molecule has 2 amide bonds. The van der Waals surface area contributed by atoms with Gasteiger partial charge in [-0.05, 0) is 68.7 Å². The van der Waals surface area contributed by atoms with E-state index in [1.165, 1.54) is 11.3 Å². The van der Waals surface area contributed by atoms with Crippen LogP contribution in [0.25, 0.3) is 0 Å². The summed E-state index contributed by atoms with van der Waals surface area (Å²) in [5, 5.41) is 3.80. The topological polar surface area (TPSA) is 65.5 Å². The number of carbonyl (C=O) groups is 2. The Balaban J connectivity index is 1.06. The van der Waals surface area contributed by atoms with Crippen molar-refractivity contribution < 1.29 is 22.8 Å². The number of halogens is 3. The Morgan fingerprint density at radius 1 is 1.19 bits per heavy atom. The predicted molar refractivity (Wildman–Crippen MR) is 136 cm³/mol. The van der Waals surface area contributed by atoms with E-state index in [4.69, 9.17) is 0 Å². The van der Waals surface area contributed by atoms with E-state index in [1.54, 1.807) is 30.1 Å². The second-order valence-corrected chi connectivity index (χ2v) is 11.8. The standard InChI is InChI=1S/C27H33F3N4O2S/c1-33-15-21-19(3-2-4-20(21)26(33)36)25(35)31-18-7-5-17(6-8-18)10-13-34-14-11-23-22(16-34)32-24(37-23)9-12-27(28,29)30/h2-4,17-18H,5-16H2,1H3,(H,31,35)/t17-,18-. The van der Waals surface area contributed by atoms with Crippen molar-refractivity contribution in [1.29, 1.82) is 0 Å². The number of hydrogen-bond donors (Lipinski definition) is 1. The average molecular weight is 535 g/mol. The lowest BCUT2D eigenvalue weighted by atomic mass is 9.83. The van der Waals surface area contributed by atoms with E-state index in [1.807, 2.05) is 0 Å². The third kappa shape index (κ3) is 6.17. The summed E-state index contributed by atoms with van der Waals surface area (Å²) < 4.78 is 37.6. The lowest BCUT2D eigenvalue weighted by molar-refractivity contribution is -0.134. The maximum atomic E-state index is 13.0. The molecule has 0 bridgehead atoms. The first-order valence-electron chi connectivity index (χ1n) is 13.1. The van der Waals surface area contributed by atoms with Gasteiger partial charge in [-0.25, -0.2) is 4.98 Å². The van der Waals surface area contributed by atoms with Crippen LogP contribution in [-0.4, -0.2) is 59.0 Å². The number of fused-ring (bicyclic) bond motifs is 2. The van der Waals surface area contributed by atoms with Crippen molar-refractivity contribution in [1.82, 2.24) is 20.1 Å². The molecule has 1 fully saturated rings. The van der Waals surface area contributed by atoms with Gasteiger partial charge in [0, 0.05) is 61.6 Å². The number of amides is 2. The Morgan fingerprint density at radius 3 is 2.73 bits per heavy atom. The quantitative estimate of drug-likeness (QED) is 0.546. The molecule has 0 radical (unpaired) electrons. The zero-order chi connectivity index (χ0) is 26.2. The van der Waals surface area contributed by atoms with Gasteiger partial charge in [0.15, 0.2) is 0 Å². The molecule has 1 aliphatic carbocycles. The average Bonchev–Trinajstić information content (AvgIpc) is 3.41. The molecule has 1 saturated carbocycles. The fourth-order valence-electron chi connectivity index (χ4n) is 5.76. The number of aromatic nitrogens is 1. The van der Waals surface area contributed by atoms with Gasteiger partial charge in [-0.15, -0.1) is 11.3 Å². The van der Waals surface area contributed by atoms with E-state index in [0.717, 1.165) is 74.3 Å². The van der Waals surface area contributed by atoms with Gasteiger partial charge in [-0.2, -0.15) is 13.2 Å². The molecule has 2 aliphatic heterocycles. The first-order valence-corrected chi connectivity index (χ1v) is 13.9. The van der Waals surface area contributed by atoms with Crippen LogP contribution in [0.5, 0.6) is 0 Å². The summed E-state index contributed by atoms with van der Waals surface area (Å²) in [5.41, 5.74) is 3.00. The summed E-state index contributed by atoms with van der Waals surface area (Å²) in [6.07, 6.45) is 1.00. The van der Waals surface area contributed by atoms with Crippen LogP contribution in [0.15, 0.2) is 18.2 Å². The molecule has 0 unspecified atom stereocenters. The Morgan fingerprint density at radius 2 is 1.97 bits per heavy atom. The van der Waals surface area contributed by atoms with Crippen molar-refractivity contribution >= 4 is 23.2 Å². The van der Waals surface area contributed by atoms with Crippen LogP contribution >= 0.6 is 11.3 Å². The van der Waals surface area contributed by atoms with E-state index in [0.29, 0.717) is 28.6 Å². The van der Waals surface area contributed by atoms with Crippen LogP contribution in [0, 0.1) is 5.92 Å². The van der Waals surface area contributed by atoms with Crippen LogP contribution < -0.4 is 5.32 Å². The number of nitrogens with one attached hydrogen (secondary N) is 1. The largest absolute Gasteiger partial charge is 0.389 e. The van der Waals surface area contributed by atoms with E-state index in [9.17, 15) is 22.8 Å². The summed E-state index contributed by atoms with van der Waals surface area (Å²) in [6, 6.07) is 5.52. The van der Waals surface area contributed by atoms with Crippen molar-refractivity contribution in [2.75, 3.05) is 20.1 Å². The molecule has 1 N–H and O–H groups in total. The first-order chi connectivity index (χ1) is 17.7. The Labute approximate surface area is 219 Å². The molecule has 1 aromatic carbocycles. The Hall–Kier alpha value is -2.46. The van der Waals surface area contributed by atoms with Crippen LogP contribution in [-0.2, 0) is 25.9 Å². The molecular formula is C27H33F3N4O2S. The number of alkyl halides is 3. The third-order valence-electron chi connectivity index (χ3n) is 7.90. The van der Waals surface area contributed by atoms with Gasteiger partial charge in [0.2, 0.25) is 0 Å². The van der Waals surface area contributed by atoms with Gasteiger partial charge in [0.1, 0.15) is 0 Å². The summed E-state index contributed by atoms with van der Waals surface area (Å²) in [6.45, 7) is 3.09. The van der Waals surface area contributed by atoms with Gasteiger partial charge in [0.05, 0.1) is 10.7 Å². The maximum absolute atomic E-state index is 13.0. The van der Waals surface area contributed by atoms with E-state index in [-0.39, 0.29) is 24.3 Å². The minimum Gasteiger partial charge on any atom is -0.349 e. The summed E-state index contributed by atoms with van der Waals surface area (Å²) >= 11 is 1.44. The summed E-state index contributed by atoms with van der Waals surface area (Å²) in [7, 11) is 1.75. The smallest absolute Gasteiger partial charge is 0.349 e. The first kappa shape index (κ1) is 26.2. The highest BCUT2D eigenvalue weighted by Crippen LogP contribution is 2.31. The summed E-state index contributed by atoms with van der Waals surface area (Å²) in [4.78, 5) is 34.9. The minimum atomic E-state index is -4.14. The van der Waals surface area contributed by atoms with Crippen molar-refractivity contribution in [2.24, 2.45) is 5.92 Å². The molecule has 3 heterocycles. The van der Waals surface area contributed by atoms with Gasteiger partial charge in [-0.1, -0.05) is 6.07 Å². The second-order valence-electron chi connectivity index (χ2n) is 10.6. The zero-order valence-corrected chi connectivity index (χ0v) is 21.9. The molecule has 6 nitrogen and oxygen atoms in total. The van der Waals surface area contributed by atoms with E-state index < -0.39 is 12.6 Å². The predicted octanol–water partition coefficient (Wildman–Crippen LogP) is 4.96. The number of benzene rings is 1. The van der Waals surface area contributed by atoms with Gasteiger partial charge in [0.25, 0.3) is 11.8 Å². The highest BCUT2D eigenvalue weighted by atomic mass is 32.1. The van der Waals surface area contributed by atoms with E-state index in [2.05, 4.69) is 15.2 Å². The minimum absolute atomic E-state index is 0.0249. The molecule has 5 rings (SSSR count). The fraction of sp³-hybridized carbons (Fsp3) is 0.593. The molecule has 2 aromatic rings. The molecule has 0 atom stereocenters. The monoisotopic (exact) mass is 534 g/mol. The normalized spacial score (nSPS) is 22.2. The Kier molecular flexibility index (Phi) is 7.58. The fourth-order valence-corrected chi connectivity index (χ4v) is 6.83. The van der Waals surface area contributed by atoms with Crippen molar-refractivity contribution in [3.63, 3.8) is 0 Å². The number of carbonyl (C=O) groups excluding carboxylic acids is 2. The van der Waals surface area contributed by atoms with Crippen LogP contribution in [0.1, 0.15) is 80.4 Å². The van der Waals surface area contributed by atoms with Gasteiger partial charge < -0.3 is 10.2 Å². The maximum Gasteiger partial charge on any atom is 0.389 e. The lowest BCUT2D eigenvalue weighted by Crippen LogP contribution is -2.38. The molecule has 0 spiro atoms. The number of thiazole rings is 1. The van der Waals surface area contributed by atoms with Crippen molar-refractivity contribution in [3.05, 3.63) is 50.5 Å². The number of rotatable bonds is 7. The number of aryl methyl sites for hydroxylation is 1. The molecule has 3 aliphatic rings. The SMILES string of the molecule is CN1Cc2c(C(=O)N[C@H]3CC[C@H](CCN4CCc5sc(CCC(F)(F)F)nc5C4)CC3)cccc2C1=O. The van der Waals surface area contributed by atoms with Crippen molar-refractivity contribution in [3.8, 4) is 0 Å². The highest BCUT2D eigenvalue weighted by Gasteiger charge is 2.31.